The molecule has 0 aromatic rings. The van der Waals surface area contributed by atoms with Crippen molar-refractivity contribution in [2.45, 2.75) is 12.8 Å². The fraction of sp³-hybridized carbons (Fsp3) is 0.667. The van der Waals surface area contributed by atoms with Gasteiger partial charge >= 0.3 is 0 Å². The second-order valence-corrected chi connectivity index (χ2v) is 4.49. The Morgan fingerprint density at radius 1 is 1.33 bits per heavy atom. The Labute approximate surface area is 106 Å². The van der Waals surface area contributed by atoms with Crippen molar-refractivity contribution in [1.82, 2.24) is 10.2 Å². The maximum Gasteiger partial charge on any atom is 0.246 e. The summed E-state index contributed by atoms with van der Waals surface area (Å²) in [5.74, 6) is 0.857. The van der Waals surface area contributed by atoms with Gasteiger partial charge in [0.15, 0.2) is 0 Å². The summed E-state index contributed by atoms with van der Waals surface area (Å²) in [6.45, 7) is 5.79. The summed E-state index contributed by atoms with van der Waals surface area (Å²) >= 11 is 0. The maximum atomic E-state index is 10.5. The zero-order valence-electron chi connectivity index (χ0n) is 10.4. The highest BCUT2D eigenvalue weighted by molar-refractivity contribution is 5.16. The molecule has 0 atom stereocenters. The number of hydrogen-bond donors (Lipinski definition) is 1. The third-order valence-corrected chi connectivity index (χ3v) is 3.23. The van der Waals surface area contributed by atoms with Crippen LogP contribution in [0.25, 0.3) is 0 Å². The first kappa shape index (κ1) is 13.0. The van der Waals surface area contributed by atoms with Crippen LogP contribution < -0.4 is 5.32 Å². The van der Waals surface area contributed by atoms with Crippen LogP contribution in [0.15, 0.2) is 23.6 Å². The topological polar surface area (TPSA) is 67.6 Å². The monoisotopic (exact) mass is 253 g/mol. The quantitative estimate of drug-likeness (QED) is 0.578. The molecule has 1 aliphatic heterocycles. The number of nitrogens with one attached hydrogen (secondary N) is 1. The van der Waals surface area contributed by atoms with Gasteiger partial charge in [-0.05, 0) is 6.08 Å². The average molecular weight is 253 g/mol. The lowest BCUT2D eigenvalue weighted by Crippen LogP contribution is -2.44. The molecule has 0 spiro atoms. The van der Waals surface area contributed by atoms with Gasteiger partial charge in [0.25, 0.3) is 0 Å². The summed E-state index contributed by atoms with van der Waals surface area (Å²) in [4.78, 5) is 12.6. The van der Waals surface area contributed by atoms with Crippen LogP contribution in [0.3, 0.4) is 0 Å². The lowest BCUT2D eigenvalue weighted by molar-refractivity contribution is -0.428. The molecular weight excluding hydrogens is 234 g/mol. The Morgan fingerprint density at radius 3 is 2.72 bits per heavy atom. The van der Waals surface area contributed by atoms with Gasteiger partial charge in [-0.3, -0.25) is 15.0 Å². The molecule has 1 saturated heterocycles. The molecule has 1 heterocycles. The zero-order valence-corrected chi connectivity index (χ0v) is 10.4. The lowest BCUT2D eigenvalue weighted by atomic mass is 10.1. The van der Waals surface area contributed by atoms with E-state index in [2.05, 4.69) is 10.2 Å². The molecule has 0 radical (unpaired) electrons. The van der Waals surface area contributed by atoms with Gasteiger partial charge in [-0.15, -0.1) is 0 Å². The molecule has 2 aliphatic rings. The predicted molar refractivity (Wildman–Crippen MR) is 67.7 cm³/mol. The molecule has 0 unspecified atom stereocenters. The van der Waals surface area contributed by atoms with Crippen LogP contribution in [0.1, 0.15) is 12.8 Å². The van der Waals surface area contributed by atoms with Crippen LogP contribution in [0.2, 0.25) is 0 Å². The van der Waals surface area contributed by atoms with Crippen molar-refractivity contribution in [3.05, 3.63) is 33.7 Å². The SMILES string of the molecule is O=[N+]([O-])C1=CC=C(OCCN2CCNCC2)CC1. The van der Waals surface area contributed by atoms with Crippen molar-refractivity contribution in [3.63, 3.8) is 0 Å². The van der Waals surface area contributed by atoms with Gasteiger partial charge in [0.1, 0.15) is 6.61 Å². The molecule has 2 rings (SSSR count). The molecule has 1 N–H and O–H groups in total. The summed E-state index contributed by atoms with van der Waals surface area (Å²) in [6.07, 6.45) is 4.36. The second kappa shape index (κ2) is 6.51. The van der Waals surface area contributed by atoms with Gasteiger partial charge < -0.3 is 10.1 Å². The molecule has 1 fully saturated rings. The van der Waals surface area contributed by atoms with Crippen molar-refractivity contribution < 1.29 is 9.66 Å². The van der Waals surface area contributed by atoms with Crippen LogP contribution in [0.4, 0.5) is 0 Å². The minimum Gasteiger partial charge on any atom is -0.497 e. The number of piperazine rings is 1. The first-order chi connectivity index (χ1) is 8.75. The van der Waals surface area contributed by atoms with E-state index in [1.807, 2.05) is 0 Å². The Bertz CT molecular complexity index is 360. The third-order valence-electron chi connectivity index (χ3n) is 3.23. The molecule has 18 heavy (non-hydrogen) atoms. The maximum absolute atomic E-state index is 10.5. The van der Waals surface area contributed by atoms with Crippen LogP contribution in [0.5, 0.6) is 0 Å². The van der Waals surface area contributed by atoms with Crippen molar-refractivity contribution in [3.8, 4) is 0 Å². The van der Waals surface area contributed by atoms with E-state index in [1.165, 1.54) is 0 Å². The third kappa shape index (κ3) is 3.82. The largest absolute Gasteiger partial charge is 0.497 e. The zero-order chi connectivity index (χ0) is 12.8. The molecular formula is C12H19N3O3. The smallest absolute Gasteiger partial charge is 0.246 e. The van der Waals surface area contributed by atoms with E-state index < -0.39 is 0 Å². The van der Waals surface area contributed by atoms with Crippen molar-refractivity contribution in [2.75, 3.05) is 39.3 Å². The van der Waals surface area contributed by atoms with E-state index in [-0.39, 0.29) is 10.6 Å². The van der Waals surface area contributed by atoms with Crippen LogP contribution in [-0.4, -0.2) is 49.2 Å². The highest BCUT2D eigenvalue weighted by Gasteiger charge is 2.16. The summed E-state index contributed by atoms with van der Waals surface area (Å²) in [5, 5.41) is 13.8. The van der Waals surface area contributed by atoms with Crippen LogP contribution >= 0.6 is 0 Å². The minimum absolute atomic E-state index is 0.268. The van der Waals surface area contributed by atoms with Gasteiger partial charge in [-0.1, -0.05) is 0 Å². The number of nitro groups is 1. The van der Waals surface area contributed by atoms with E-state index in [9.17, 15) is 10.1 Å². The molecule has 100 valence electrons. The molecule has 0 amide bonds. The minimum atomic E-state index is -0.325. The van der Waals surface area contributed by atoms with Gasteiger partial charge in [-0.2, -0.15) is 0 Å². The summed E-state index contributed by atoms with van der Waals surface area (Å²) in [6, 6.07) is 0. The van der Waals surface area contributed by atoms with E-state index in [4.69, 9.17) is 4.74 Å². The highest BCUT2D eigenvalue weighted by atomic mass is 16.6. The fourth-order valence-corrected chi connectivity index (χ4v) is 2.12. The van der Waals surface area contributed by atoms with Crippen LogP contribution in [-0.2, 0) is 4.74 Å². The van der Waals surface area contributed by atoms with Gasteiger partial charge in [0.05, 0.1) is 10.7 Å². The molecule has 0 saturated carbocycles. The van der Waals surface area contributed by atoms with Crippen molar-refractivity contribution >= 4 is 0 Å². The van der Waals surface area contributed by atoms with E-state index in [1.54, 1.807) is 12.2 Å². The van der Waals surface area contributed by atoms with E-state index in [0.717, 1.165) is 38.5 Å². The molecule has 1 aliphatic carbocycles. The Kier molecular flexibility index (Phi) is 4.72. The molecule has 0 bridgehead atoms. The lowest BCUT2D eigenvalue weighted by Gasteiger charge is -2.27. The van der Waals surface area contributed by atoms with E-state index >= 15 is 0 Å². The molecule has 0 aromatic carbocycles. The Hall–Kier alpha value is -1.40. The number of allylic oxidation sites excluding steroid dienone is 4. The average Bonchev–Trinajstić information content (AvgIpc) is 2.40. The van der Waals surface area contributed by atoms with Crippen LogP contribution in [0, 0.1) is 10.1 Å². The van der Waals surface area contributed by atoms with Crippen molar-refractivity contribution in [1.29, 1.82) is 0 Å². The molecule has 0 aromatic heterocycles. The van der Waals surface area contributed by atoms with Gasteiger partial charge in [0, 0.05) is 51.6 Å². The second-order valence-electron chi connectivity index (χ2n) is 4.49. The number of ether oxygens (including phenoxy) is 1. The summed E-state index contributed by atoms with van der Waals surface area (Å²) < 4.78 is 5.65. The van der Waals surface area contributed by atoms with Gasteiger partial charge in [-0.25, -0.2) is 0 Å². The highest BCUT2D eigenvalue weighted by Crippen LogP contribution is 2.19. The van der Waals surface area contributed by atoms with E-state index in [0.29, 0.717) is 19.4 Å². The number of hydrogen-bond acceptors (Lipinski definition) is 5. The molecule has 6 heteroatoms. The summed E-state index contributed by atoms with van der Waals surface area (Å²) in [7, 11) is 0. The van der Waals surface area contributed by atoms with Gasteiger partial charge in [0.2, 0.25) is 5.70 Å². The number of rotatable bonds is 5. The Morgan fingerprint density at radius 2 is 2.11 bits per heavy atom. The molecule has 6 nitrogen and oxygen atoms in total. The fourth-order valence-electron chi connectivity index (χ4n) is 2.12. The Balaban J connectivity index is 1.69. The number of nitrogens with zero attached hydrogens (tertiary/aromatic N) is 2. The first-order valence-electron chi connectivity index (χ1n) is 6.36. The van der Waals surface area contributed by atoms with Crippen molar-refractivity contribution in [2.24, 2.45) is 0 Å². The standard InChI is InChI=1S/C12H19N3O3/c16-15(17)11-1-3-12(4-2-11)18-10-9-14-7-5-13-6-8-14/h1,3,13H,2,4-10H2. The normalized spacial score (nSPS) is 21.1. The summed E-state index contributed by atoms with van der Waals surface area (Å²) in [5.41, 5.74) is 0.268. The predicted octanol–water partition coefficient (Wildman–Crippen LogP) is 0.746. The first-order valence-corrected chi connectivity index (χ1v) is 6.36.